The molecule has 0 radical (unpaired) electrons. The quantitative estimate of drug-likeness (QED) is 0.705. The smallest absolute Gasteiger partial charge is 0.271 e. The van der Waals surface area contributed by atoms with E-state index in [2.05, 4.69) is 20.8 Å². The van der Waals surface area contributed by atoms with Gasteiger partial charge in [0, 0.05) is 25.7 Å². The van der Waals surface area contributed by atoms with Crippen molar-refractivity contribution in [3.05, 3.63) is 47.0 Å². The molecule has 9 heteroatoms. The lowest BCUT2D eigenvalue weighted by molar-refractivity contribution is 0.0904. The molecule has 2 amide bonds. The van der Waals surface area contributed by atoms with Crippen LogP contribution in [0.1, 0.15) is 39.3 Å². The predicted octanol–water partition coefficient (Wildman–Crippen LogP) is 2.27. The fourth-order valence-electron chi connectivity index (χ4n) is 3.34. The Kier molecular flexibility index (Phi) is 6.35. The number of benzene rings is 1. The van der Waals surface area contributed by atoms with Crippen molar-refractivity contribution in [2.75, 3.05) is 31.6 Å². The number of halogens is 2. The van der Waals surface area contributed by atoms with E-state index in [-0.39, 0.29) is 29.7 Å². The molecule has 7 nitrogen and oxygen atoms in total. The molecule has 0 aliphatic carbocycles. The van der Waals surface area contributed by atoms with Crippen LogP contribution in [-0.2, 0) is 0 Å². The van der Waals surface area contributed by atoms with Gasteiger partial charge in [0.1, 0.15) is 18.2 Å². The number of hydrogen-bond acceptors (Lipinski definition) is 4. The van der Waals surface area contributed by atoms with Gasteiger partial charge in [-0.1, -0.05) is 12.1 Å². The van der Waals surface area contributed by atoms with Crippen LogP contribution in [0.25, 0.3) is 0 Å². The van der Waals surface area contributed by atoms with E-state index in [1.165, 1.54) is 18.3 Å². The second-order valence-corrected chi connectivity index (χ2v) is 6.82. The average Bonchev–Trinajstić information content (AvgIpc) is 3.11. The Bertz CT molecular complexity index is 826. The predicted molar refractivity (Wildman–Crippen MR) is 101 cm³/mol. The van der Waals surface area contributed by atoms with Gasteiger partial charge in [0.25, 0.3) is 11.8 Å². The molecule has 1 aromatic heterocycles. The van der Waals surface area contributed by atoms with Crippen LogP contribution in [0.15, 0.2) is 24.4 Å². The molecular weight excluding hydrogens is 368 g/mol. The van der Waals surface area contributed by atoms with Crippen LogP contribution in [0.5, 0.6) is 0 Å². The molecule has 3 rings (SSSR count). The van der Waals surface area contributed by atoms with Gasteiger partial charge in [-0.2, -0.15) is 5.10 Å². The highest BCUT2D eigenvalue weighted by Crippen LogP contribution is 2.18. The standard InChI is InChI=1S/C19H23F2N5O2/c1-12-3-2-4-14(21)16(12)18(27)24-15-11-22-25-17(15)19(28)23-13-5-8-26(9-6-13)10-7-20/h2-4,11,13H,5-10H2,1H3,(H,22,25)(H,23,28)(H,24,27). The fraction of sp³-hybridized carbons (Fsp3) is 0.421. The van der Waals surface area contributed by atoms with Crippen molar-refractivity contribution in [3.8, 4) is 0 Å². The zero-order valence-corrected chi connectivity index (χ0v) is 15.6. The molecule has 1 aliphatic heterocycles. The summed E-state index contributed by atoms with van der Waals surface area (Å²) in [5.74, 6) is -1.68. The Labute approximate surface area is 161 Å². The Morgan fingerprint density at radius 3 is 2.71 bits per heavy atom. The summed E-state index contributed by atoms with van der Waals surface area (Å²) in [5.41, 5.74) is 0.705. The van der Waals surface area contributed by atoms with Crippen LogP contribution in [0.2, 0.25) is 0 Å². The third-order valence-electron chi connectivity index (χ3n) is 4.89. The fourth-order valence-corrected chi connectivity index (χ4v) is 3.34. The highest BCUT2D eigenvalue weighted by molar-refractivity contribution is 6.09. The van der Waals surface area contributed by atoms with Gasteiger partial charge in [-0.05, 0) is 31.4 Å². The Morgan fingerprint density at radius 1 is 1.29 bits per heavy atom. The average molecular weight is 391 g/mol. The van der Waals surface area contributed by atoms with Gasteiger partial charge in [-0.25, -0.2) is 8.78 Å². The van der Waals surface area contributed by atoms with Gasteiger partial charge in [-0.15, -0.1) is 0 Å². The largest absolute Gasteiger partial charge is 0.348 e. The van der Waals surface area contributed by atoms with E-state index in [1.807, 2.05) is 4.90 Å². The van der Waals surface area contributed by atoms with E-state index in [1.54, 1.807) is 13.0 Å². The molecule has 3 N–H and O–H groups in total. The third kappa shape index (κ3) is 4.53. The number of nitrogens with one attached hydrogen (secondary N) is 3. The molecule has 0 saturated carbocycles. The maximum Gasteiger partial charge on any atom is 0.271 e. The van der Waals surface area contributed by atoms with Gasteiger partial charge < -0.3 is 15.5 Å². The van der Waals surface area contributed by atoms with Crippen molar-refractivity contribution < 1.29 is 18.4 Å². The van der Waals surface area contributed by atoms with Crippen molar-refractivity contribution in [1.82, 2.24) is 20.4 Å². The Balaban J connectivity index is 1.63. The number of alkyl halides is 1. The summed E-state index contributed by atoms with van der Waals surface area (Å²) >= 11 is 0. The van der Waals surface area contributed by atoms with Crippen molar-refractivity contribution in [2.24, 2.45) is 0 Å². The summed E-state index contributed by atoms with van der Waals surface area (Å²) in [7, 11) is 0. The minimum absolute atomic E-state index is 0.0379. The number of hydrogen-bond donors (Lipinski definition) is 3. The number of nitrogens with zero attached hydrogens (tertiary/aromatic N) is 2. The second-order valence-electron chi connectivity index (χ2n) is 6.82. The Hall–Kier alpha value is -2.81. The molecule has 2 aromatic rings. The lowest BCUT2D eigenvalue weighted by Gasteiger charge is -2.31. The zero-order valence-electron chi connectivity index (χ0n) is 15.6. The molecule has 0 bridgehead atoms. The number of aromatic nitrogens is 2. The summed E-state index contributed by atoms with van der Waals surface area (Å²) < 4.78 is 26.4. The molecule has 150 valence electrons. The maximum atomic E-state index is 14.0. The molecule has 0 unspecified atom stereocenters. The third-order valence-corrected chi connectivity index (χ3v) is 4.89. The molecular formula is C19H23F2N5O2. The lowest BCUT2D eigenvalue weighted by Crippen LogP contribution is -2.45. The molecule has 0 spiro atoms. The van der Waals surface area contributed by atoms with Crippen LogP contribution >= 0.6 is 0 Å². The van der Waals surface area contributed by atoms with Gasteiger partial charge in [0.05, 0.1) is 17.4 Å². The molecule has 1 fully saturated rings. The first kappa shape index (κ1) is 19.9. The van der Waals surface area contributed by atoms with E-state index in [0.29, 0.717) is 25.2 Å². The monoisotopic (exact) mass is 391 g/mol. The second kappa shape index (κ2) is 8.92. The van der Waals surface area contributed by atoms with Crippen LogP contribution < -0.4 is 10.6 Å². The van der Waals surface area contributed by atoms with Crippen LogP contribution in [0.3, 0.4) is 0 Å². The van der Waals surface area contributed by atoms with E-state index in [4.69, 9.17) is 0 Å². The molecule has 1 aromatic carbocycles. The summed E-state index contributed by atoms with van der Waals surface area (Å²) in [6.45, 7) is 3.10. The highest BCUT2D eigenvalue weighted by atomic mass is 19.1. The van der Waals surface area contributed by atoms with Crippen LogP contribution in [-0.4, -0.2) is 59.3 Å². The van der Waals surface area contributed by atoms with Crippen molar-refractivity contribution >= 4 is 17.5 Å². The van der Waals surface area contributed by atoms with Crippen LogP contribution in [0.4, 0.5) is 14.5 Å². The number of piperidine rings is 1. The molecule has 2 heterocycles. The molecule has 0 atom stereocenters. The number of rotatable bonds is 6. The number of anilines is 1. The molecule has 1 aliphatic rings. The number of likely N-dealkylation sites (tertiary alicyclic amines) is 1. The molecule has 28 heavy (non-hydrogen) atoms. The van der Waals surface area contributed by atoms with E-state index in [9.17, 15) is 18.4 Å². The van der Waals surface area contributed by atoms with Crippen molar-refractivity contribution in [2.45, 2.75) is 25.8 Å². The van der Waals surface area contributed by atoms with Gasteiger partial charge in [0.15, 0.2) is 0 Å². The number of H-pyrrole nitrogens is 1. The minimum atomic E-state index is -0.648. The van der Waals surface area contributed by atoms with E-state index < -0.39 is 17.6 Å². The number of aromatic amines is 1. The van der Waals surface area contributed by atoms with Crippen LogP contribution in [0, 0.1) is 12.7 Å². The van der Waals surface area contributed by atoms with Crippen molar-refractivity contribution in [3.63, 3.8) is 0 Å². The maximum absolute atomic E-state index is 14.0. The van der Waals surface area contributed by atoms with Gasteiger partial charge in [0.2, 0.25) is 0 Å². The first-order valence-corrected chi connectivity index (χ1v) is 9.18. The van der Waals surface area contributed by atoms with E-state index in [0.717, 1.165) is 12.8 Å². The summed E-state index contributed by atoms with van der Waals surface area (Å²) in [6, 6.07) is 4.33. The van der Waals surface area contributed by atoms with Gasteiger partial charge >= 0.3 is 0 Å². The molecule has 1 saturated heterocycles. The van der Waals surface area contributed by atoms with Crippen molar-refractivity contribution in [1.29, 1.82) is 0 Å². The Morgan fingerprint density at radius 2 is 2.04 bits per heavy atom. The SMILES string of the molecule is Cc1cccc(F)c1C(=O)Nc1cn[nH]c1C(=O)NC1CCN(CCF)CC1. The summed E-state index contributed by atoms with van der Waals surface area (Å²) in [4.78, 5) is 27.0. The lowest BCUT2D eigenvalue weighted by atomic mass is 10.0. The normalized spacial score (nSPS) is 15.4. The number of aryl methyl sites for hydroxylation is 1. The minimum Gasteiger partial charge on any atom is -0.348 e. The summed E-state index contributed by atoms with van der Waals surface area (Å²) in [6.07, 6.45) is 2.75. The number of carbonyl (C=O) groups is 2. The summed E-state index contributed by atoms with van der Waals surface area (Å²) in [5, 5.41) is 11.9. The number of carbonyl (C=O) groups excluding carboxylic acids is 2. The highest BCUT2D eigenvalue weighted by Gasteiger charge is 2.24. The van der Waals surface area contributed by atoms with Gasteiger partial charge in [-0.3, -0.25) is 14.7 Å². The first-order chi connectivity index (χ1) is 13.5. The topological polar surface area (TPSA) is 90.1 Å². The van der Waals surface area contributed by atoms with E-state index >= 15 is 0 Å². The number of amides is 2. The first-order valence-electron chi connectivity index (χ1n) is 9.18. The zero-order chi connectivity index (χ0) is 20.1.